The number of rotatable bonds is 6. The number of nitrogens with zero attached hydrogens (tertiary/aromatic N) is 3. The van der Waals surface area contributed by atoms with E-state index in [0.717, 1.165) is 30.1 Å². The summed E-state index contributed by atoms with van der Waals surface area (Å²) >= 11 is 2.94. The predicted molar refractivity (Wildman–Crippen MR) is 66.8 cm³/mol. The third kappa shape index (κ3) is 3.07. The minimum absolute atomic E-state index is 0.241. The molecule has 1 atom stereocenters. The second kappa shape index (κ2) is 6.03. The van der Waals surface area contributed by atoms with Gasteiger partial charge in [-0.25, -0.2) is 4.98 Å². The Labute approximate surface area is 103 Å². The Bertz CT molecular complexity index is 385. The molecule has 0 aliphatic carbocycles. The molecule has 0 aliphatic heterocycles. The lowest BCUT2D eigenvalue weighted by atomic mass is 10.1. The van der Waals surface area contributed by atoms with E-state index >= 15 is 0 Å². The van der Waals surface area contributed by atoms with E-state index in [1.54, 1.807) is 11.3 Å². The first-order valence-electron chi connectivity index (χ1n) is 5.29. The summed E-state index contributed by atoms with van der Waals surface area (Å²) in [4.78, 5) is 4.31. The van der Waals surface area contributed by atoms with Crippen molar-refractivity contribution < 1.29 is 0 Å². The van der Waals surface area contributed by atoms with E-state index in [2.05, 4.69) is 26.0 Å². The van der Waals surface area contributed by atoms with Crippen LogP contribution in [-0.2, 0) is 6.42 Å². The molecule has 2 rings (SSSR count). The first-order valence-corrected chi connectivity index (χ1v) is 6.90. The van der Waals surface area contributed by atoms with Gasteiger partial charge in [0.25, 0.3) is 0 Å². The zero-order chi connectivity index (χ0) is 11.2. The SMILES string of the molecule is CCCNC(Cc1nccs1)c1cnsn1. The third-order valence-electron chi connectivity index (χ3n) is 2.24. The minimum Gasteiger partial charge on any atom is -0.308 e. The summed E-state index contributed by atoms with van der Waals surface area (Å²) in [5.41, 5.74) is 1.02. The molecule has 0 aromatic carbocycles. The molecule has 2 heterocycles. The highest BCUT2D eigenvalue weighted by molar-refractivity contribution is 7.09. The van der Waals surface area contributed by atoms with E-state index < -0.39 is 0 Å². The Morgan fingerprint density at radius 3 is 3.06 bits per heavy atom. The second-order valence-corrected chi connectivity index (χ2v) is 5.00. The number of aromatic nitrogens is 3. The van der Waals surface area contributed by atoms with Gasteiger partial charge in [0.2, 0.25) is 0 Å². The van der Waals surface area contributed by atoms with E-state index in [-0.39, 0.29) is 6.04 Å². The van der Waals surface area contributed by atoms with Crippen molar-refractivity contribution in [3.63, 3.8) is 0 Å². The lowest BCUT2D eigenvalue weighted by molar-refractivity contribution is 0.520. The van der Waals surface area contributed by atoms with Crippen molar-refractivity contribution >= 4 is 23.1 Å². The molecule has 6 heteroatoms. The molecule has 0 fully saturated rings. The van der Waals surface area contributed by atoms with Gasteiger partial charge in [-0.3, -0.25) is 0 Å². The molecule has 2 aromatic heterocycles. The molecule has 1 N–H and O–H groups in total. The maximum Gasteiger partial charge on any atom is 0.0944 e. The quantitative estimate of drug-likeness (QED) is 0.859. The molecule has 0 radical (unpaired) electrons. The summed E-state index contributed by atoms with van der Waals surface area (Å²) in [6.07, 6.45) is 5.69. The van der Waals surface area contributed by atoms with Crippen LogP contribution in [0.25, 0.3) is 0 Å². The lowest BCUT2D eigenvalue weighted by Gasteiger charge is -2.14. The van der Waals surface area contributed by atoms with E-state index in [1.807, 2.05) is 17.8 Å². The molecule has 0 spiro atoms. The van der Waals surface area contributed by atoms with Crippen LogP contribution >= 0.6 is 23.1 Å². The Kier molecular flexibility index (Phi) is 4.38. The molecule has 0 saturated heterocycles. The smallest absolute Gasteiger partial charge is 0.0944 e. The Morgan fingerprint density at radius 1 is 1.50 bits per heavy atom. The summed E-state index contributed by atoms with van der Waals surface area (Å²) in [6, 6.07) is 0.241. The van der Waals surface area contributed by atoms with Crippen LogP contribution in [0.5, 0.6) is 0 Å². The van der Waals surface area contributed by atoms with Gasteiger partial charge in [0, 0.05) is 18.0 Å². The van der Waals surface area contributed by atoms with E-state index in [1.165, 1.54) is 11.7 Å². The second-order valence-electron chi connectivity index (χ2n) is 3.47. The lowest BCUT2D eigenvalue weighted by Crippen LogP contribution is -2.24. The first-order chi connectivity index (χ1) is 7.90. The van der Waals surface area contributed by atoms with Crippen LogP contribution in [0.2, 0.25) is 0 Å². The van der Waals surface area contributed by atoms with Gasteiger partial charge in [-0.15, -0.1) is 11.3 Å². The summed E-state index contributed by atoms with van der Waals surface area (Å²) in [7, 11) is 0. The van der Waals surface area contributed by atoms with E-state index in [0.29, 0.717) is 0 Å². The topological polar surface area (TPSA) is 50.7 Å². The highest BCUT2D eigenvalue weighted by atomic mass is 32.1. The van der Waals surface area contributed by atoms with Gasteiger partial charge in [-0.1, -0.05) is 6.92 Å². The molecule has 1 unspecified atom stereocenters. The molecule has 0 saturated carbocycles. The molecular formula is C10H14N4S2. The van der Waals surface area contributed by atoms with Gasteiger partial charge in [-0.2, -0.15) is 8.75 Å². The number of thiazole rings is 1. The van der Waals surface area contributed by atoms with E-state index in [9.17, 15) is 0 Å². The van der Waals surface area contributed by atoms with Gasteiger partial charge in [0.1, 0.15) is 0 Å². The monoisotopic (exact) mass is 254 g/mol. The van der Waals surface area contributed by atoms with Crippen LogP contribution < -0.4 is 5.32 Å². The average Bonchev–Trinajstić information content (AvgIpc) is 2.96. The Hall–Kier alpha value is -0.850. The summed E-state index contributed by atoms with van der Waals surface area (Å²) < 4.78 is 8.35. The number of nitrogens with one attached hydrogen (secondary N) is 1. The molecule has 0 bridgehead atoms. The maximum atomic E-state index is 4.31. The normalized spacial score (nSPS) is 12.8. The average molecular weight is 254 g/mol. The fourth-order valence-corrected chi connectivity index (χ4v) is 2.59. The highest BCUT2D eigenvalue weighted by Crippen LogP contribution is 2.18. The van der Waals surface area contributed by atoms with Crippen molar-refractivity contribution in [2.45, 2.75) is 25.8 Å². The fourth-order valence-electron chi connectivity index (χ4n) is 1.45. The van der Waals surface area contributed by atoms with Crippen LogP contribution in [-0.4, -0.2) is 20.3 Å². The van der Waals surface area contributed by atoms with Gasteiger partial charge >= 0.3 is 0 Å². The van der Waals surface area contributed by atoms with Crippen molar-refractivity contribution in [1.82, 2.24) is 19.0 Å². The van der Waals surface area contributed by atoms with Crippen LogP contribution in [0.4, 0.5) is 0 Å². The van der Waals surface area contributed by atoms with Crippen LogP contribution in [0.3, 0.4) is 0 Å². The van der Waals surface area contributed by atoms with Crippen LogP contribution in [0, 0.1) is 0 Å². The van der Waals surface area contributed by atoms with Gasteiger partial charge in [0.15, 0.2) is 0 Å². The molecule has 4 nitrogen and oxygen atoms in total. The molecule has 86 valence electrons. The zero-order valence-electron chi connectivity index (χ0n) is 9.09. The maximum absolute atomic E-state index is 4.31. The summed E-state index contributed by atoms with van der Waals surface area (Å²) in [5, 5.41) is 6.63. The molecule has 16 heavy (non-hydrogen) atoms. The predicted octanol–water partition coefficient (Wildman–Crippen LogP) is 2.28. The molecule has 0 aliphatic rings. The van der Waals surface area contributed by atoms with Crippen LogP contribution in [0.15, 0.2) is 17.8 Å². The molecular weight excluding hydrogens is 240 g/mol. The van der Waals surface area contributed by atoms with Crippen molar-refractivity contribution in [1.29, 1.82) is 0 Å². The molecule has 2 aromatic rings. The number of hydrogen-bond donors (Lipinski definition) is 1. The highest BCUT2D eigenvalue weighted by Gasteiger charge is 2.15. The van der Waals surface area contributed by atoms with Crippen molar-refractivity contribution in [3.05, 3.63) is 28.5 Å². The zero-order valence-corrected chi connectivity index (χ0v) is 10.7. The van der Waals surface area contributed by atoms with Gasteiger partial charge < -0.3 is 5.32 Å². The first kappa shape index (κ1) is 11.6. The standard InChI is InChI=1S/C10H14N4S2/c1-2-3-11-8(9-7-13-16-14-9)6-10-12-4-5-15-10/h4-5,7-8,11H,2-3,6H2,1H3. The van der Waals surface area contributed by atoms with Crippen molar-refractivity contribution in [2.24, 2.45) is 0 Å². The van der Waals surface area contributed by atoms with Crippen molar-refractivity contribution in [2.75, 3.05) is 6.54 Å². The number of hydrogen-bond acceptors (Lipinski definition) is 6. The minimum atomic E-state index is 0.241. The Balaban J connectivity index is 2.03. The third-order valence-corrected chi connectivity index (χ3v) is 3.53. The summed E-state index contributed by atoms with van der Waals surface area (Å²) in [6.45, 7) is 3.15. The largest absolute Gasteiger partial charge is 0.308 e. The van der Waals surface area contributed by atoms with Gasteiger partial charge in [0.05, 0.1) is 34.7 Å². The van der Waals surface area contributed by atoms with Crippen LogP contribution in [0.1, 0.15) is 30.1 Å². The van der Waals surface area contributed by atoms with E-state index in [4.69, 9.17) is 0 Å². The summed E-state index contributed by atoms with van der Waals surface area (Å²) in [5.74, 6) is 0. The van der Waals surface area contributed by atoms with Crippen molar-refractivity contribution in [3.8, 4) is 0 Å². The fraction of sp³-hybridized carbons (Fsp3) is 0.500. The Morgan fingerprint density at radius 2 is 2.44 bits per heavy atom. The molecule has 0 amide bonds. The van der Waals surface area contributed by atoms with Gasteiger partial charge in [-0.05, 0) is 13.0 Å².